The summed E-state index contributed by atoms with van der Waals surface area (Å²) >= 11 is 0. The van der Waals surface area contributed by atoms with Gasteiger partial charge in [0.25, 0.3) is 0 Å². The van der Waals surface area contributed by atoms with Crippen molar-refractivity contribution in [1.29, 1.82) is 0 Å². The number of carbonyl (C=O) groups is 1. The Hall–Kier alpha value is -1.32. The number of nitrogens with zero attached hydrogens (tertiary/aromatic N) is 1. The number of carbonyl (C=O) groups excluding carboxylic acids is 1. The molecule has 1 heterocycles. The van der Waals surface area contributed by atoms with E-state index in [1.165, 1.54) is 0 Å². The van der Waals surface area contributed by atoms with Gasteiger partial charge >= 0.3 is 0 Å². The standard InChI is InChI=1S/C13H23N3O/c1-7-13(5,6)11(17)14-10-8-9(15-16-10)12(2,3)4/h8H,7H2,1-6H3,(H2,14,15,16,17). The summed E-state index contributed by atoms with van der Waals surface area (Å²) in [5.41, 5.74) is 0.666. The number of H-pyrrole nitrogens is 1. The molecular weight excluding hydrogens is 214 g/mol. The van der Waals surface area contributed by atoms with Gasteiger partial charge in [0, 0.05) is 22.6 Å². The average Bonchev–Trinajstić information content (AvgIpc) is 2.65. The van der Waals surface area contributed by atoms with Crippen molar-refractivity contribution >= 4 is 11.7 Å². The number of hydrogen-bond donors (Lipinski definition) is 2. The molecule has 1 aromatic heterocycles. The molecule has 0 saturated heterocycles. The van der Waals surface area contributed by atoms with Crippen molar-refractivity contribution in [3.05, 3.63) is 11.8 Å². The quantitative estimate of drug-likeness (QED) is 0.848. The van der Waals surface area contributed by atoms with Gasteiger partial charge in [-0.1, -0.05) is 41.5 Å². The van der Waals surface area contributed by atoms with Crippen LogP contribution < -0.4 is 5.32 Å². The first kappa shape index (κ1) is 13.7. The molecule has 96 valence electrons. The summed E-state index contributed by atoms with van der Waals surface area (Å²) < 4.78 is 0. The van der Waals surface area contributed by atoms with E-state index in [1.807, 2.05) is 26.8 Å². The third-order valence-corrected chi connectivity index (χ3v) is 3.13. The second kappa shape index (κ2) is 4.51. The fraction of sp³-hybridized carbons (Fsp3) is 0.692. The number of rotatable bonds is 3. The average molecular weight is 237 g/mol. The Morgan fingerprint density at radius 3 is 2.35 bits per heavy atom. The lowest BCUT2D eigenvalue weighted by molar-refractivity contribution is -0.124. The van der Waals surface area contributed by atoms with Crippen molar-refractivity contribution in [2.45, 2.75) is 53.4 Å². The van der Waals surface area contributed by atoms with Gasteiger partial charge in [-0.2, -0.15) is 5.10 Å². The Labute approximate surface area is 103 Å². The van der Waals surface area contributed by atoms with E-state index in [2.05, 4.69) is 36.3 Å². The predicted molar refractivity (Wildman–Crippen MR) is 70.0 cm³/mol. The molecule has 4 nitrogen and oxygen atoms in total. The van der Waals surface area contributed by atoms with E-state index >= 15 is 0 Å². The van der Waals surface area contributed by atoms with E-state index in [-0.39, 0.29) is 16.7 Å². The maximum absolute atomic E-state index is 12.0. The predicted octanol–water partition coefficient (Wildman–Crippen LogP) is 3.08. The molecule has 0 aromatic carbocycles. The lowest BCUT2D eigenvalue weighted by Crippen LogP contribution is -2.30. The molecule has 0 aliphatic rings. The smallest absolute Gasteiger partial charge is 0.231 e. The van der Waals surface area contributed by atoms with Gasteiger partial charge in [0.1, 0.15) is 0 Å². The van der Waals surface area contributed by atoms with Gasteiger partial charge in [-0.15, -0.1) is 0 Å². The first-order chi connectivity index (χ1) is 7.66. The summed E-state index contributed by atoms with van der Waals surface area (Å²) in [6, 6.07) is 1.89. The van der Waals surface area contributed by atoms with Gasteiger partial charge in [0.15, 0.2) is 5.82 Å². The summed E-state index contributed by atoms with van der Waals surface area (Å²) in [6.45, 7) is 12.2. The maximum Gasteiger partial charge on any atom is 0.231 e. The van der Waals surface area contributed by atoms with Crippen LogP contribution in [-0.4, -0.2) is 16.1 Å². The molecule has 1 rings (SSSR count). The van der Waals surface area contributed by atoms with Gasteiger partial charge in [0.05, 0.1) is 0 Å². The number of amides is 1. The second-order valence-electron chi connectivity index (χ2n) is 6.11. The summed E-state index contributed by atoms with van der Waals surface area (Å²) in [5, 5.41) is 9.91. The lowest BCUT2D eigenvalue weighted by Gasteiger charge is -2.20. The van der Waals surface area contributed by atoms with Crippen molar-refractivity contribution in [2.24, 2.45) is 5.41 Å². The Balaban J connectivity index is 2.77. The lowest BCUT2D eigenvalue weighted by atomic mass is 9.89. The monoisotopic (exact) mass is 237 g/mol. The number of aromatic nitrogens is 2. The largest absolute Gasteiger partial charge is 0.309 e. The normalized spacial score (nSPS) is 12.6. The molecule has 0 unspecified atom stereocenters. The van der Waals surface area contributed by atoms with Crippen LogP contribution in [0.25, 0.3) is 0 Å². The molecule has 4 heteroatoms. The fourth-order valence-corrected chi connectivity index (χ4v) is 1.22. The first-order valence-electron chi connectivity index (χ1n) is 6.04. The van der Waals surface area contributed by atoms with Crippen LogP contribution in [0.15, 0.2) is 6.07 Å². The van der Waals surface area contributed by atoms with Crippen molar-refractivity contribution < 1.29 is 4.79 Å². The number of nitrogens with one attached hydrogen (secondary N) is 2. The van der Waals surface area contributed by atoms with E-state index in [0.717, 1.165) is 12.1 Å². The van der Waals surface area contributed by atoms with Gasteiger partial charge in [-0.3, -0.25) is 9.89 Å². The Kier molecular flexibility index (Phi) is 3.65. The SMILES string of the molecule is CCC(C)(C)C(=O)Nc1cc(C(C)(C)C)[nH]n1. The molecule has 1 aromatic rings. The number of aromatic amines is 1. The fourth-order valence-electron chi connectivity index (χ4n) is 1.22. The van der Waals surface area contributed by atoms with Crippen molar-refractivity contribution in [3.8, 4) is 0 Å². The topological polar surface area (TPSA) is 57.8 Å². The van der Waals surface area contributed by atoms with Crippen LogP contribution in [0, 0.1) is 5.41 Å². The zero-order valence-corrected chi connectivity index (χ0v) is 11.6. The van der Waals surface area contributed by atoms with Crippen LogP contribution in [-0.2, 0) is 10.2 Å². The van der Waals surface area contributed by atoms with Crippen LogP contribution >= 0.6 is 0 Å². The van der Waals surface area contributed by atoms with Gasteiger partial charge in [-0.25, -0.2) is 0 Å². The number of anilines is 1. The summed E-state index contributed by atoms with van der Waals surface area (Å²) in [7, 11) is 0. The van der Waals surface area contributed by atoms with Crippen LogP contribution in [0.4, 0.5) is 5.82 Å². The van der Waals surface area contributed by atoms with E-state index in [0.29, 0.717) is 5.82 Å². The molecule has 17 heavy (non-hydrogen) atoms. The highest BCUT2D eigenvalue weighted by Gasteiger charge is 2.26. The van der Waals surface area contributed by atoms with E-state index in [9.17, 15) is 4.79 Å². The molecule has 1 amide bonds. The van der Waals surface area contributed by atoms with Crippen LogP contribution in [0.3, 0.4) is 0 Å². The molecule has 0 fully saturated rings. The number of hydrogen-bond acceptors (Lipinski definition) is 2. The second-order valence-corrected chi connectivity index (χ2v) is 6.11. The zero-order valence-electron chi connectivity index (χ0n) is 11.6. The molecule has 0 saturated carbocycles. The first-order valence-corrected chi connectivity index (χ1v) is 6.04. The van der Waals surface area contributed by atoms with E-state index < -0.39 is 0 Å². The van der Waals surface area contributed by atoms with Crippen molar-refractivity contribution in [2.75, 3.05) is 5.32 Å². The molecule has 0 bridgehead atoms. The Morgan fingerprint density at radius 2 is 1.94 bits per heavy atom. The molecule has 0 aliphatic carbocycles. The van der Waals surface area contributed by atoms with Crippen molar-refractivity contribution in [1.82, 2.24) is 10.2 Å². The van der Waals surface area contributed by atoms with E-state index in [1.54, 1.807) is 0 Å². The summed E-state index contributed by atoms with van der Waals surface area (Å²) in [4.78, 5) is 12.0. The van der Waals surface area contributed by atoms with Gasteiger partial charge < -0.3 is 5.32 Å². The molecule has 2 N–H and O–H groups in total. The van der Waals surface area contributed by atoms with Crippen LogP contribution in [0.5, 0.6) is 0 Å². The van der Waals surface area contributed by atoms with Gasteiger partial charge in [-0.05, 0) is 6.42 Å². The highest BCUT2D eigenvalue weighted by molar-refractivity contribution is 5.93. The van der Waals surface area contributed by atoms with Gasteiger partial charge in [0.2, 0.25) is 5.91 Å². The maximum atomic E-state index is 12.0. The summed E-state index contributed by atoms with van der Waals surface area (Å²) in [5.74, 6) is 0.605. The Morgan fingerprint density at radius 1 is 1.35 bits per heavy atom. The highest BCUT2D eigenvalue weighted by Crippen LogP contribution is 2.24. The molecule has 0 atom stereocenters. The minimum Gasteiger partial charge on any atom is -0.309 e. The highest BCUT2D eigenvalue weighted by atomic mass is 16.2. The third kappa shape index (κ3) is 3.32. The zero-order chi connectivity index (χ0) is 13.3. The minimum atomic E-state index is -0.360. The molecular formula is C13H23N3O. The Bertz CT molecular complexity index is 399. The van der Waals surface area contributed by atoms with E-state index in [4.69, 9.17) is 0 Å². The minimum absolute atomic E-state index is 0.00644. The van der Waals surface area contributed by atoms with Crippen molar-refractivity contribution in [3.63, 3.8) is 0 Å². The van der Waals surface area contributed by atoms with Crippen LogP contribution in [0.2, 0.25) is 0 Å². The third-order valence-electron chi connectivity index (χ3n) is 3.13. The molecule has 0 aliphatic heterocycles. The summed E-state index contributed by atoms with van der Waals surface area (Å²) in [6.07, 6.45) is 0.801. The van der Waals surface area contributed by atoms with Crippen LogP contribution in [0.1, 0.15) is 53.7 Å². The molecule has 0 radical (unpaired) electrons. The molecule has 0 spiro atoms.